The molecule has 0 fully saturated rings. The van der Waals surface area contributed by atoms with Gasteiger partial charge in [0.25, 0.3) is 20.0 Å². The molecule has 0 N–H and O–H groups in total. The number of sulfonamides is 2. The van der Waals surface area contributed by atoms with Gasteiger partial charge in [-0.3, -0.25) is 0 Å². The van der Waals surface area contributed by atoms with Crippen molar-refractivity contribution in [2.45, 2.75) is 9.79 Å². The van der Waals surface area contributed by atoms with Crippen molar-refractivity contribution in [3.05, 3.63) is 60.7 Å². The summed E-state index contributed by atoms with van der Waals surface area (Å²) in [6.07, 6.45) is 0. The maximum Gasteiger partial charge on any atom is 0.283 e. The van der Waals surface area contributed by atoms with E-state index < -0.39 is 30.4 Å². The van der Waals surface area contributed by atoms with Crippen molar-refractivity contribution >= 4 is 53.6 Å². The van der Waals surface area contributed by atoms with Gasteiger partial charge in [-0.15, -0.1) is 8.80 Å². The predicted molar refractivity (Wildman–Crippen MR) is 93.8 cm³/mol. The molecular weight excluding hydrogens is 395 g/mol. The van der Waals surface area contributed by atoms with Crippen LogP contribution in [0.15, 0.2) is 79.3 Å². The molecule has 0 spiro atoms. The summed E-state index contributed by atoms with van der Waals surface area (Å²) in [6.45, 7) is 0. The fourth-order valence-corrected chi connectivity index (χ4v) is 4.11. The van der Waals surface area contributed by atoms with E-state index in [-0.39, 0.29) is 9.79 Å². The molecule has 0 aliphatic rings. The smallest absolute Gasteiger partial charge is 0.199 e. The van der Waals surface area contributed by atoms with Crippen molar-refractivity contribution in [1.82, 2.24) is 0 Å². The third kappa shape index (κ3) is 4.64. The summed E-state index contributed by atoms with van der Waals surface area (Å²) < 4.78 is 54.8. The molecule has 0 unspecified atom stereocenters. The second-order valence-electron chi connectivity index (χ2n) is 4.34. The fourth-order valence-electron chi connectivity index (χ4n) is 1.58. The van der Waals surface area contributed by atoms with Gasteiger partial charge >= 0.3 is 0 Å². The van der Waals surface area contributed by atoms with E-state index in [1.165, 1.54) is 48.5 Å². The first-order chi connectivity index (χ1) is 11.2. The van der Waals surface area contributed by atoms with Crippen LogP contribution < -0.4 is 0 Å². The van der Waals surface area contributed by atoms with Gasteiger partial charge in [-0.25, -0.2) is 0 Å². The van der Waals surface area contributed by atoms with Gasteiger partial charge in [-0.05, 0) is 24.3 Å². The van der Waals surface area contributed by atoms with E-state index in [0.29, 0.717) is 0 Å². The van der Waals surface area contributed by atoms with Gasteiger partial charge in [0.1, 0.15) is 0 Å². The molecule has 0 aromatic heterocycles. The van der Waals surface area contributed by atoms with Crippen LogP contribution in [0.4, 0.5) is 0 Å². The zero-order chi connectivity index (χ0) is 17.8. The van der Waals surface area contributed by atoms with Crippen LogP contribution in [0, 0.1) is 0 Å². The minimum Gasteiger partial charge on any atom is -0.199 e. The highest BCUT2D eigenvalue weighted by atomic mass is 35.5. The van der Waals surface area contributed by atoms with Crippen LogP contribution in [0.3, 0.4) is 0 Å². The summed E-state index contributed by atoms with van der Waals surface area (Å²) in [5.74, 6) is 0. The van der Waals surface area contributed by atoms with E-state index in [1.54, 1.807) is 12.1 Å². The summed E-state index contributed by atoms with van der Waals surface area (Å²) in [4.78, 5) is -0.225. The van der Waals surface area contributed by atoms with E-state index in [0.717, 1.165) is 0 Å². The second-order valence-corrected chi connectivity index (χ2v) is 8.26. The number of rotatable bonds is 5. The number of hydrogen-bond acceptors (Lipinski definition) is 4. The maximum atomic E-state index is 12.0. The molecule has 0 amide bonds. The predicted octanol–water partition coefficient (Wildman–Crippen LogP) is 3.04. The number of benzene rings is 2. The molecule has 0 bridgehead atoms. The first-order valence-electron chi connectivity index (χ1n) is 6.34. The Balaban J connectivity index is 2.37. The zero-order valence-electron chi connectivity index (χ0n) is 11.9. The average molecular weight is 405 g/mol. The lowest BCUT2D eigenvalue weighted by molar-refractivity contribution is 0.596. The summed E-state index contributed by atoms with van der Waals surface area (Å²) in [6, 6.07) is 14.5. The summed E-state index contributed by atoms with van der Waals surface area (Å²) in [7, 11) is -8.26. The normalized spacial score (nSPS) is 13.8. The lowest BCUT2D eigenvalue weighted by Gasteiger charge is -2.01. The number of hydrogen-bond donors (Lipinski definition) is 0. The first-order valence-corrected chi connectivity index (χ1v) is 9.97. The summed E-state index contributed by atoms with van der Waals surface area (Å²) in [5.41, 5.74) is 0. The Hall–Kier alpha value is -1.74. The highest BCUT2D eigenvalue weighted by Crippen LogP contribution is 2.16. The molecule has 0 saturated heterocycles. The van der Waals surface area contributed by atoms with Gasteiger partial charge in [0, 0.05) is 0 Å². The van der Waals surface area contributed by atoms with E-state index in [1.807, 2.05) is 0 Å². The van der Waals surface area contributed by atoms with Crippen molar-refractivity contribution in [2.75, 3.05) is 0 Å². The first kappa shape index (κ1) is 18.6. The molecular formula is C14H10Cl2N2O4S2. The van der Waals surface area contributed by atoms with Crippen LogP contribution in [0.25, 0.3) is 0 Å². The minimum absolute atomic E-state index is 0.112. The van der Waals surface area contributed by atoms with E-state index >= 15 is 0 Å². The second kappa shape index (κ2) is 7.43. The van der Waals surface area contributed by atoms with Crippen molar-refractivity contribution in [3.63, 3.8) is 0 Å². The number of nitrogens with zero attached hydrogens (tertiary/aromatic N) is 2. The summed E-state index contributed by atoms with van der Waals surface area (Å²) in [5, 5.41) is -1.50. The molecule has 126 valence electrons. The Bertz CT molecular complexity index is 904. The van der Waals surface area contributed by atoms with Gasteiger partial charge < -0.3 is 0 Å². The molecule has 0 aliphatic heterocycles. The van der Waals surface area contributed by atoms with Crippen LogP contribution in [0.5, 0.6) is 0 Å². The molecule has 24 heavy (non-hydrogen) atoms. The highest BCUT2D eigenvalue weighted by Gasteiger charge is 2.18. The average Bonchev–Trinajstić information content (AvgIpc) is 2.55. The molecule has 2 aromatic rings. The largest absolute Gasteiger partial charge is 0.283 e. The molecule has 2 aromatic carbocycles. The fraction of sp³-hybridized carbons (Fsp3) is 0. The van der Waals surface area contributed by atoms with Crippen molar-refractivity contribution in [2.24, 2.45) is 8.80 Å². The Morgan fingerprint density at radius 3 is 1.21 bits per heavy atom. The van der Waals surface area contributed by atoms with Crippen LogP contribution in [0.1, 0.15) is 0 Å². The van der Waals surface area contributed by atoms with Gasteiger partial charge in [-0.1, -0.05) is 59.6 Å². The Labute approximate surface area is 149 Å². The van der Waals surface area contributed by atoms with E-state index in [4.69, 9.17) is 23.2 Å². The summed E-state index contributed by atoms with van der Waals surface area (Å²) >= 11 is 11.4. The van der Waals surface area contributed by atoms with Gasteiger partial charge in [0.2, 0.25) is 0 Å². The quantitative estimate of drug-likeness (QED) is 0.715. The Kier molecular flexibility index (Phi) is 5.76. The minimum atomic E-state index is -4.13. The third-order valence-electron chi connectivity index (χ3n) is 2.65. The monoisotopic (exact) mass is 404 g/mol. The van der Waals surface area contributed by atoms with Crippen LogP contribution in [-0.2, 0) is 20.0 Å². The SMILES string of the molecule is O=S(=O)(N=C(Cl)/C(Cl)=N\S(=O)(=O)c1ccccc1)c1ccccc1. The molecule has 0 radical (unpaired) electrons. The van der Waals surface area contributed by atoms with Crippen molar-refractivity contribution in [3.8, 4) is 0 Å². The molecule has 10 heteroatoms. The van der Waals surface area contributed by atoms with E-state index in [9.17, 15) is 16.8 Å². The zero-order valence-corrected chi connectivity index (χ0v) is 15.0. The molecule has 2 rings (SSSR count). The van der Waals surface area contributed by atoms with E-state index in [2.05, 4.69) is 8.80 Å². The van der Waals surface area contributed by atoms with Crippen molar-refractivity contribution in [1.29, 1.82) is 0 Å². The lowest BCUT2D eigenvalue weighted by Crippen LogP contribution is -2.08. The Morgan fingerprint density at radius 1 is 0.625 bits per heavy atom. The molecule has 0 atom stereocenters. The molecule has 0 saturated carbocycles. The standard InChI is InChI=1S/C14H10Cl2N2O4S2/c15-13(17-23(19,20)11-7-3-1-4-8-11)14(16)18-24(21,22)12-9-5-2-6-10-12/h1-10H/b17-13+,18-14?. The van der Waals surface area contributed by atoms with Crippen molar-refractivity contribution < 1.29 is 16.8 Å². The highest BCUT2D eigenvalue weighted by molar-refractivity contribution is 7.91. The maximum absolute atomic E-state index is 12.0. The molecule has 0 heterocycles. The van der Waals surface area contributed by atoms with Crippen LogP contribution in [-0.4, -0.2) is 27.2 Å². The lowest BCUT2D eigenvalue weighted by atomic mass is 10.4. The number of halogens is 2. The van der Waals surface area contributed by atoms with Crippen LogP contribution in [0.2, 0.25) is 0 Å². The Morgan fingerprint density at radius 2 is 0.917 bits per heavy atom. The topological polar surface area (TPSA) is 93.0 Å². The molecule has 0 aliphatic carbocycles. The van der Waals surface area contributed by atoms with Gasteiger partial charge in [0.05, 0.1) is 9.79 Å². The van der Waals surface area contributed by atoms with Gasteiger partial charge in [-0.2, -0.15) is 16.8 Å². The van der Waals surface area contributed by atoms with Gasteiger partial charge in [0.15, 0.2) is 10.3 Å². The molecule has 6 nitrogen and oxygen atoms in total. The third-order valence-corrected chi connectivity index (χ3v) is 6.06. The van der Waals surface area contributed by atoms with Crippen LogP contribution >= 0.6 is 23.2 Å².